The summed E-state index contributed by atoms with van der Waals surface area (Å²) in [6.45, 7) is 7.39. The first-order valence-electron chi connectivity index (χ1n) is 6.53. The number of amides is 3. The minimum absolute atomic E-state index is 0.0198. The summed E-state index contributed by atoms with van der Waals surface area (Å²) >= 11 is 0. The van der Waals surface area contributed by atoms with Gasteiger partial charge in [-0.05, 0) is 27.7 Å². The molecule has 7 nitrogen and oxygen atoms in total. The zero-order valence-corrected chi connectivity index (χ0v) is 12.7. The normalized spacial score (nSPS) is 17.1. The van der Waals surface area contributed by atoms with E-state index in [9.17, 15) is 19.5 Å². The predicted octanol–water partition coefficient (Wildman–Crippen LogP) is 0.359. The lowest BCUT2D eigenvalue weighted by molar-refractivity contribution is -0.151. The van der Waals surface area contributed by atoms with Gasteiger partial charge in [-0.3, -0.25) is 9.59 Å². The van der Waals surface area contributed by atoms with Crippen LogP contribution in [0.4, 0.5) is 4.79 Å². The van der Waals surface area contributed by atoms with E-state index in [4.69, 9.17) is 0 Å². The first-order valence-corrected chi connectivity index (χ1v) is 6.53. The number of nitrogens with one attached hydrogen (secondary N) is 1. The van der Waals surface area contributed by atoms with E-state index >= 15 is 0 Å². The van der Waals surface area contributed by atoms with Crippen LogP contribution in [0.15, 0.2) is 0 Å². The maximum absolute atomic E-state index is 12.2. The fraction of sp³-hybridized carbons (Fsp3) is 0.769. The SMILES string of the molecule is CN1CCN(C(=O)NC(C)(C)C(C)(C)C(=O)O)CC1=O. The molecule has 0 saturated carbocycles. The first kappa shape index (κ1) is 16.3. The second-order valence-corrected chi connectivity index (χ2v) is 6.22. The van der Waals surface area contributed by atoms with Crippen LogP contribution in [0.5, 0.6) is 0 Å². The third-order valence-corrected chi connectivity index (χ3v) is 4.26. The van der Waals surface area contributed by atoms with E-state index in [1.165, 1.54) is 4.90 Å². The van der Waals surface area contributed by atoms with Crippen molar-refractivity contribution in [2.24, 2.45) is 5.41 Å². The summed E-state index contributed by atoms with van der Waals surface area (Å²) in [6, 6.07) is -0.411. The number of carboxylic acid groups (broad SMARTS) is 1. The van der Waals surface area contributed by atoms with Crippen LogP contribution in [0.3, 0.4) is 0 Å². The van der Waals surface area contributed by atoms with Crippen LogP contribution in [0.2, 0.25) is 0 Å². The van der Waals surface area contributed by atoms with Gasteiger partial charge in [-0.1, -0.05) is 0 Å². The number of piperazine rings is 1. The molecule has 1 rings (SSSR count). The molecule has 0 radical (unpaired) electrons. The average molecular weight is 285 g/mol. The van der Waals surface area contributed by atoms with Gasteiger partial charge in [0.15, 0.2) is 0 Å². The number of urea groups is 1. The van der Waals surface area contributed by atoms with Gasteiger partial charge in [-0.15, -0.1) is 0 Å². The lowest BCUT2D eigenvalue weighted by Crippen LogP contribution is -2.62. The largest absolute Gasteiger partial charge is 0.481 e. The fourth-order valence-corrected chi connectivity index (χ4v) is 1.70. The molecule has 0 bridgehead atoms. The molecule has 1 aliphatic heterocycles. The molecule has 1 fully saturated rings. The predicted molar refractivity (Wildman–Crippen MR) is 73.2 cm³/mol. The van der Waals surface area contributed by atoms with Crippen LogP contribution in [0.1, 0.15) is 27.7 Å². The number of carbonyl (C=O) groups excluding carboxylic acids is 2. The number of aliphatic carboxylic acids is 1. The molecule has 7 heteroatoms. The van der Waals surface area contributed by atoms with Crippen molar-refractivity contribution in [3.8, 4) is 0 Å². The zero-order valence-electron chi connectivity index (χ0n) is 12.7. The van der Waals surface area contributed by atoms with E-state index in [0.717, 1.165) is 0 Å². The maximum Gasteiger partial charge on any atom is 0.318 e. The number of carboxylic acids is 1. The van der Waals surface area contributed by atoms with E-state index in [-0.39, 0.29) is 12.5 Å². The van der Waals surface area contributed by atoms with Gasteiger partial charge in [0, 0.05) is 20.1 Å². The van der Waals surface area contributed by atoms with Gasteiger partial charge >= 0.3 is 12.0 Å². The Morgan fingerprint density at radius 2 is 1.75 bits per heavy atom. The topological polar surface area (TPSA) is 89.9 Å². The van der Waals surface area contributed by atoms with Crippen molar-refractivity contribution in [2.45, 2.75) is 33.2 Å². The zero-order chi connectivity index (χ0) is 15.7. The molecule has 0 aliphatic carbocycles. The molecule has 0 atom stereocenters. The Morgan fingerprint density at radius 1 is 1.20 bits per heavy atom. The van der Waals surface area contributed by atoms with Gasteiger partial charge in [-0.2, -0.15) is 0 Å². The Bertz CT molecular complexity index is 431. The van der Waals surface area contributed by atoms with Gasteiger partial charge < -0.3 is 20.2 Å². The van der Waals surface area contributed by atoms with Crippen molar-refractivity contribution < 1.29 is 19.5 Å². The highest BCUT2D eigenvalue weighted by molar-refractivity contribution is 5.86. The van der Waals surface area contributed by atoms with Gasteiger partial charge in [-0.25, -0.2) is 4.79 Å². The Kier molecular flexibility index (Phi) is 4.31. The molecular weight excluding hydrogens is 262 g/mol. The quantitative estimate of drug-likeness (QED) is 0.783. The van der Waals surface area contributed by atoms with Gasteiger partial charge in [0.05, 0.1) is 11.0 Å². The molecule has 0 unspecified atom stereocenters. The average Bonchev–Trinajstić information content (AvgIpc) is 2.31. The number of hydrogen-bond donors (Lipinski definition) is 2. The van der Waals surface area contributed by atoms with Gasteiger partial charge in [0.2, 0.25) is 5.91 Å². The summed E-state index contributed by atoms with van der Waals surface area (Å²) in [5, 5.41) is 12.0. The Morgan fingerprint density at radius 3 is 2.20 bits per heavy atom. The summed E-state index contributed by atoms with van der Waals surface area (Å²) in [5.74, 6) is -1.11. The van der Waals surface area contributed by atoms with Crippen molar-refractivity contribution in [1.29, 1.82) is 0 Å². The second-order valence-electron chi connectivity index (χ2n) is 6.22. The molecule has 0 spiro atoms. The molecule has 2 N–H and O–H groups in total. The molecule has 0 aromatic heterocycles. The van der Waals surface area contributed by atoms with E-state index in [1.807, 2.05) is 0 Å². The van der Waals surface area contributed by atoms with Crippen molar-refractivity contribution in [2.75, 3.05) is 26.7 Å². The Balaban J connectivity index is 2.75. The summed E-state index contributed by atoms with van der Waals surface area (Å²) in [5.41, 5.74) is -2.07. The summed E-state index contributed by atoms with van der Waals surface area (Å²) in [4.78, 5) is 38.0. The monoisotopic (exact) mass is 285 g/mol. The standard InChI is InChI=1S/C13H23N3O4/c1-12(2,10(18)19)13(3,4)14-11(20)16-7-6-15(5)9(17)8-16/h6-8H2,1-5H3,(H,14,20)(H,18,19). The highest BCUT2D eigenvalue weighted by atomic mass is 16.4. The van der Waals surface area contributed by atoms with Gasteiger partial charge in [0.25, 0.3) is 0 Å². The number of nitrogens with zero attached hydrogens (tertiary/aromatic N) is 2. The minimum Gasteiger partial charge on any atom is -0.481 e. The van der Waals surface area contributed by atoms with Crippen LogP contribution >= 0.6 is 0 Å². The molecule has 0 aromatic carbocycles. The number of carbonyl (C=O) groups is 3. The van der Waals surface area contributed by atoms with E-state index < -0.39 is 23.0 Å². The Labute approximate surface area is 118 Å². The van der Waals surface area contributed by atoms with Crippen LogP contribution in [0, 0.1) is 5.41 Å². The van der Waals surface area contributed by atoms with Crippen LogP contribution in [-0.4, -0.2) is 65.0 Å². The summed E-state index contributed by atoms with van der Waals surface area (Å²) in [7, 11) is 1.69. The van der Waals surface area contributed by atoms with Crippen molar-refractivity contribution in [3.63, 3.8) is 0 Å². The smallest absolute Gasteiger partial charge is 0.318 e. The van der Waals surface area contributed by atoms with E-state index in [1.54, 1.807) is 39.6 Å². The fourth-order valence-electron chi connectivity index (χ4n) is 1.70. The van der Waals surface area contributed by atoms with Gasteiger partial charge in [0.1, 0.15) is 6.54 Å². The number of likely N-dealkylation sites (N-methyl/N-ethyl adjacent to an activating group) is 1. The molecule has 1 aliphatic rings. The molecule has 3 amide bonds. The lowest BCUT2D eigenvalue weighted by atomic mass is 9.74. The first-order chi connectivity index (χ1) is 8.99. The highest BCUT2D eigenvalue weighted by Crippen LogP contribution is 2.30. The van der Waals surface area contributed by atoms with Crippen LogP contribution in [-0.2, 0) is 9.59 Å². The highest BCUT2D eigenvalue weighted by Gasteiger charge is 2.45. The number of hydrogen-bond acceptors (Lipinski definition) is 3. The number of rotatable bonds is 3. The van der Waals surface area contributed by atoms with Crippen LogP contribution in [0.25, 0.3) is 0 Å². The summed E-state index contributed by atoms with van der Waals surface area (Å²) in [6.07, 6.45) is 0. The summed E-state index contributed by atoms with van der Waals surface area (Å²) < 4.78 is 0. The lowest BCUT2D eigenvalue weighted by Gasteiger charge is -2.41. The van der Waals surface area contributed by atoms with Crippen molar-refractivity contribution in [1.82, 2.24) is 15.1 Å². The van der Waals surface area contributed by atoms with E-state index in [2.05, 4.69) is 5.32 Å². The Hall–Kier alpha value is -1.79. The van der Waals surface area contributed by atoms with Crippen molar-refractivity contribution in [3.05, 3.63) is 0 Å². The minimum atomic E-state index is -1.13. The molecular formula is C13H23N3O4. The second kappa shape index (κ2) is 5.30. The molecule has 20 heavy (non-hydrogen) atoms. The molecule has 1 heterocycles. The molecule has 1 saturated heterocycles. The molecule has 114 valence electrons. The maximum atomic E-state index is 12.2. The van der Waals surface area contributed by atoms with E-state index in [0.29, 0.717) is 13.1 Å². The third kappa shape index (κ3) is 3.02. The third-order valence-electron chi connectivity index (χ3n) is 4.26. The molecule has 0 aromatic rings. The van der Waals surface area contributed by atoms with Crippen molar-refractivity contribution >= 4 is 17.9 Å². The van der Waals surface area contributed by atoms with Crippen LogP contribution < -0.4 is 5.32 Å².